The van der Waals surface area contributed by atoms with E-state index in [1.54, 1.807) is 0 Å². The van der Waals surface area contributed by atoms with E-state index in [0.717, 1.165) is 17.1 Å². The molecule has 0 amide bonds. The predicted octanol–water partition coefficient (Wildman–Crippen LogP) is 4.42. The Morgan fingerprint density at radius 2 is 1.65 bits per heavy atom. The molecule has 0 fully saturated rings. The van der Waals surface area contributed by atoms with Gasteiger partial charge in [0, 0.05) is 0 Å². The Labute approximate surface area is 109 Å². The second-order valence-corrected chi connectivity index (χ2v) is 4.69. The van der Waals surface area contributed by atoms with E-state index in [1.807, 2.05) is 32.0 Å². The van der Waals surface area contributed by atoms with Gasteiger partial charge >= 0.3 is 0 Å². The normalized spacial score (nSPS) is 12.6. The minimum Gasteiger partial charge on any atom is -0.490 e. The van der Waals surface area contributed by atoms with E-state index in [2.05, 4.69) is 13.8 Å². The van der Waals surface area contributed by atoms with Gasteiger partial charge in [0.25, 0.3) is 0 Å². The van der Waals surface area contributed by atoms with E-state index in [0.29, 0.717) is 19.1 Å². The Kier molecular flexibility index (Phi) is 5.63. The van der Waals surface area contributed by atoms with Gasteiger partial charge in [-0.25, -0.2) is 0 Å². The van der Waals surface area contributed by atoms with Crippen LogP contribution in [0.2, 0.25) is 0 Å². The molecule has 0 spiro atoms. The predicted molar refractivity (Wildman–Crippen MR) is 72.2 cm³/mol. The average molecular weight is 257 g/mol. The molecular formula is C14H21ClO2. The molecule has 0 N–H and O–H groups in total. The molecule has 3 heteroatoms. The molecule has 0 saturated heterocycles. The van der Waals surface area contributed by atoms with E-state index < -0.39 is 0 Å². The van der Waals surface area contributed by atoms with Crippen LogP contribution in [0.5, 0.6) is 11.5 Å². The summed E-state index contributed by atoms with van der Waals surface area (Å²) in [5, 5.41) is 0.00452. The monoisotopic (exact) mass is 256 g/mol. The fourth-order valence-corrected chi connectivity index (χ4v) is 1.76. The molecule has 0 aliphatic heterocycles. The summed E-state index contributed by atoms with van der Waals surface area (Å²) in [6.07, 6.45) is 0. The van der Waals surface area contributed by atoms with Crippen molar-refractivity contribution in [2.75, 3.05) is 13.2 Å². The van der Waals surface area contributed by atoms with Gasteiger partial charge in [0.1, 0.15) is 0 Å². The Morgan fingerprint density at radius 1 is 1.06 bits per heavy atom. The zero-order valence-corrected chi connectivity index (χ0v) is 11.8. The maximum Gasteiger partial charge on any atom is 0.161 e. The summed E-state index contributed by atoms with van der Waals surface area (Å²) < 4.78 is 11.1. The second kappa shape index (κ2) is 6.75. The van der Waals surface area contributed by atoms with Crippen molar-refractivity contribution in [1.82, 2.24) is 0 Å². The highest BCUT2D eigenvalue weighted by Crippen LogP contribution is 2.35. The Morgan fingerprint density at radius 3 is 2.18 bits per heavy atom. The molecule has 0 aliphatic carbocycles. The summed E-state index contributed by atoms with van der Waals surface area (Å²) in [7, 11) is 0. The van der Waals surface area contributed by atoms with Crippen LogP contribution in [0.25, 0.3) is 0 Å². The zero-order valence-electron chi connectivity index (χ0n) is 11.0. The molecule has 0 radical (unpaired) electrons. The van der Waals surface area contributed by atoms with Gasteiger partial charge in [-0.15, -0.1) is 11.6 Å². The van der Waals surface area contributed by atoms with Crippen LogP contribution in [0.4, 0.5) is 0 Å². The standard InChI is InChI=1S/C14H21ClO2/c1-5-16-12-8-7-11(14(15)10(3)4)9-13(12)17-6-2/h7-10,14H,5-6H2,1-4H3. The van der Waals surface area contributed by atoms with Crippen LogP contribution < -0.4 is 9.47 Å². The molecule has 96 valence electrons. The third-order valence-electron chi connectivity index (χ3n) is 2.47. The molecular weight excluding hydrogens is 236 g/mol. The number of hydrogen-bond donors (Lipinski definition) is 0. The van der Waals surface area contributed by atoms with E-state index in [1.165, 1.54) is 0 Å². The molecule has 0 saturated carbocycles. The van der Waals surface area contributed by atoms with Gasteiger partial charge in [-0.1, -0.05) is 19.9 Å². The number of halogens is 1. The van der Waals surface area contributed by atoms with Gasteiger partial charge in [-0.3, -0.25) is 0 Å². The van der Waals surface area contributed by atoms with Crippen molar-refractivity contribution < 1.29 is 9.47 Å². The summed E-state index contributed by atoms with van der Waals surface area (Å²) in [5.74, 6) is 1.95. The lowest BCUT2D eigenvalue weighted by Crippen LogP contribution is -2.02. The van der Waals surface area contributed by atoms with Gasteiger partial charge in [0.15, 0.2) is 11.5 Å². The number of ether oxygens (including phenoxy) is 2. The molecule has 0 aromatic heterocycles. The van der Waals surface area contributed by atoms with Crippen molar-refractivity contribution in [1.29, 1.82) is 0 Å². The second-order valence-electron chi connectivity index (χ2n) is 4.22. The van der Waals surface area contributed by atoms with Gasteiger partial charge in [0.05, 0.1) is 18.6 Å². The summed E-state index contributed by atoms with van der Waals surface area (Å²) in [5.41, 5.74) is 1.08. The van der Waals surface area contributed by atoms with Crippen molar-refractivity contribution in [3.8, 4) is 11.5 Å². The summed E-state index contributed by atoms with van der Waals surface area (Å²) in [6.45, 7) is 9.39. The smallest absolute Gasteiger partial charge is 0.161 e. The van der Waals surface area contributed by atoms with Crippen LogP contribution in [0, 0.1) is 5.92 Å². The summed E-state index contributed by atoms with van der Waals surface area (Å²) in [4.78, 5) is 0. The number of rotatable bonds is 6. The molecule has 2 nitrogen and oxygen atoms in total. The SMILES string of the molecule is CCOc1ccc(C(Cl)C(C)C)cc1OCC. The van der Waals surface area contributed by atoms with Crippen LogP contribution in [0.1, 0.15) is 38.6 Å². The van der Waals surface area contributed by atoms with Crippen molar-refractivity contribution in [3.05, 3.63) is 23.8 Å². The third kappa shape index (κ3) is 3.81. The van der Waals surface area contributed by atoms with Crippen LogP contribution in [0.15, 0.2) is 18.2 Å². The average Bonchev–Trinajstić information content (AvgIpc) is 2.31. The van der Waals surface area contributed by atoms with Gasteiger partial charge in [-0.2, -0.15) is 0 Å². The highest BCUT2D eigenvalue weighted by Gasteiger charge is 2.15. The fourth-order valence-electron chi connectivity index (χ4n) is 1.62. The minimum atomic E-state index is 0.00452. The minimum absolute atomic E-state index is 0.00452. The molecule has 1 atom stereocenters. The van der Waals surface area contributed by atoms with Crippen molar-refractivity contribution in [3.63, 3.8) is 0 Å². The van der Waals surface area contributed by atoms with Crippen molar-refractivity contribution in [2.24, 2.45) is 5.92 Å². The fraction of sp³-hybridized carbons (Fsp3) is 0.571. The largest absolute Gasteiger partial charge is 0.490 e. The maximum atomic E-state index is 6.35. The van der Waals surface area contributed by atoms with Gasteiger partial charge in [0.2, 0.25) is 0 Å². The van der Waals surface area contributed by atoms with Crippen LogP contribution in [0.3, 0.4) is 0 Å². The van der Waals surface area contributed by atoms with Crippen molar-refractivity contribution >= 4 is 11.6 Å². The van der Waals surface area contributed by atoms with Gasteiger partial charge < -0.3 is 9.47 Å². The molecule has 1 unspecified atom stereocenters. The third-order valence-corrected chi connectivity index (χ3v) is 3.23. The first kappa shape index (κ1) is 14.2. The maximum absolute atomic E-state index is 6.35. The Balaban J connectivity index is 3.00. The van der Waals surface area contributed by atoms with E-state index in [9.17, 15) is 0 Å². The van der Waals surface area contributed by atoms with E-state index in [4.69, 9.17) is 21.1 Å². The first-order valence-electron chi connectivity index (χ1n) is 6.13. The molecule has 0 bridgehead atoms. The molecule has 0 aliphatic rings. The number of hydrogen-bond acceptors (Lipinski definition) is 2. The molecule has 1 aromatic carbocycles. The lowest BCUT2D eigenvalue weighted by atomic mass is 10.0. The molecule has 1 aromatic rings. The van der Waals surface area contributed by atoms with Gasteiger partial charge in [-0.05, 0) is 37.5 Å². The molecule has 0 heterocycles. The topological polar surface area (TPSA) is 18.5 Å². The first-order valence-corrected chi connectivity index (χ1v) is 6.57. The zero-order chi connectivity index (χ0) is 12.8. The highest BCUT2D eigenvalue weighted by molar-refractivity contribution is 6.21. The van der Waals surface area contributed by atoms with Crippen molar-refractivity contribution in [2.45, 2.75) is 33.1 Å². The molecule has 17 heavy (non-hydrogen) atoms. The van der Waals surface area contributed by atoms with E-state index in [-0.39, 0.29) is 5.38 Å². The van der Waals surface area contributed by atoms with E-state index >= 15 is 0 Å². The highest BCUT2D eigenvalue weighted by atomic mass is 35.5. The quantitative estimate of drug-likeness (QED) is 0.702. The first-order chi connectivity index (χ1) is 8.10. The Hall–Kier alpha value is -0.890. The lowest BCUT2D eigenvalue weighted by Gasteiger charge is -2.17. The summed E-state index contributed by atoms with van der Waals surface area (Å²) >= 11 is 6.35. The lowest BCUT2D eigenvalue weighted by molar-refractivity contribution is 0.287. The number of alkyl halides is 1. The Bertz CT molecular complexity index is 350. The number of benzene rings is 1. The van der Waals surface area contributed by atoms with Crippen LogP contribution in [-0.2, 0) is 0 Å². The van der Waals surface area contributed by atoms with Crippen LogP contribution in [-0.4, -0.2) is 13.2 Å². The summed E-state index contributed by atoms with van der Waals surface area (Å²) in [6, 6.07) is 5.92. The van der Waals surface area contributed by atoms with Crippen LogP contribution >= 0.6 is 11.6 Å². The molecule has 1 rings (SSSR count).